The lowest BCUT2D eigenvalue weighted by Gasteiger charge is -2.34. The Kier molecular flexibility index (Phi) is 7.47. The Balaban J connectivity index is 1.46. The van der Waals surface area contributed by atoms with Gasteiger partial charge in [-0.15, -0.1) is 0 Å². The number of hydrogen-bond donors (Lipinski definition) is 0. The van der Waals surface area contributed by atoms with Gasteiger partial charge in [-0.1, -0.05) is 31.9 Å². The van der Waals surface area contributed by atoms with E-state index in [1.807, 2.05) is 17.0 Å². The van der Waals surface area contributed by atoms with Crippen LogP contribution >= 0.6 is 0 Å². The monoisotopic (exact) mass is 359 g/mol. The molecule has 0 aromatic heterocycles. The minimum absolute atomic E-state index is 0.177. The van der Waals surface area contributed by atoms with Crippen molar-refractivity contribution in [2.45, 2.75) is 32.7 Å². The quantitative estimate of drug-likeness (QED) is 0.701. The first-order valence-corrected chi connectivity index (χ1v) is 10.2. The van der Waals surface area contributed by atoms with Crippen molar-refractivity contribution < 1.29 is 9.53 Å². The zero-order valence-corrected chi connectivity index (χ0v) is 16.2. The third-order valence-corrected chi connectivity index (χ3v) is 5.45. The van der Waals surface area contributed by atoms with Crippen LogP contribution in [0.5, 0.6) is 0 Å². The predicted octanol–water partition coefficient (Wildman–Crippen LogP) is 2.47. The maximum Gasteiger partial charge on any atom is 0.253 e. The highest BCUT2D eigenvalue weighted by Crippen LogP contribution is 2.13. The number of carbonyl (C=O) groups excluding carboxylic acids is 1. The predicted molar refractivity (Wildman–Crippen MR) is 104 cm³/mol. The van der Waals surface area contributed by atoms with Gasteiger partial charge in [0.25, 0.3) is 5.91 Å². The molecule has 5 nitrogen and oxygen atoms in total. The zero-order chi connectivity index (χ0) is 18.2. The number of nitrogens with zero attached hydrogens (tertiary/aromatic N) is 3. The Hall–Kier alpha value is -1.43. The van der Waals surface area contributed by atoms with E-state index >= 15 is 0 Å². The van der Waals surface area contributed by atoms with E-state index in [9.17, 15) is 4.79 Å². The molecule has 0 unspecified atom stereocenters. The van der Waals surface area contributed by atoms with Crippen molar-refractivity contribution in [2.24, 2.45) is 0 Å². The van der Waals surface area contributed by atoms with Crippen LogP contribution in [0.25, 0.3) is 0 Å². The summed E-state index contributed by atoms with van der Waals surface area (Å²) in [6, 6.07) is 8.19. The smallest absolute Gasteiger partial charge is 0.253 e. The van der Waals surface area contributed by atoms with Gasteiger partial charge in [-0.05, 0) is 30.7 Å². The van der Waals surface area contributed by atoms with Gasteiger partial charge >= 0.3 is 0 Å². The van der Waals surface area contributed by atoms with Crippen molar-refractivity contribution in [3.8, 4) is 0 Å². The van der Waals surface area contributed by atoms with E-state index in [2.05, 4.69) is 28.9 Å². The minimum Gasteiger partial charge on any atom is -0.379 e. The lowest BCUT2D eigenvalue weighted by molar-refractivity contribution is 0.0342. The van der Waals surface area contributed by atoms with Crippen LogP contribution < -0.4 is 0 Å². The number of amides is 1. The number of carbonyl (C=O) groups is 1. The van der Waals surface area contributed by atoms with Gasteiger partial charge in [-0.3, -0.25) is 14.6 Å². The molecule has 1 aromatic rings. The molecule has 2 saturated heterocycles. The molecule has 26 heavy (non-hydrogen) atoms. The van der Waals surface area contributed by atoms with Crippen LogP contribution in [-0.2, 0) is 11.3 Å². The number of morpholine rings is 1. The molecule has 0 aliphatic carbocycles. The van der Waals surface area contributed by atoms with E-state index in [0.29, 0.717) is 0 Å². The SMILES string of the molecule is CCCCCN1CCN(C(=O)c2ccc(CN3CCOCC3)cc2)CC1. The average Bonchev–Trinajstić information content (AvgIpc) is 2.70. The molecule has 2 fully saturated rings. The van der Waals surface area contributed by atoms with Crippen LogP contribution in [0.1, 0.15) is 42.1 Å². The third-order valence-electron chi connectivity index (χ3n) is 5.45. The van der Waals surface area contributed by atoms with Gasteiger partial charge in [0.05, 0.1) is 13.2 Å². The molecule has 0 radical (unpaired) electrons. The molecule has 2 heterocycles. The lowest BCUT2D eigenvalue weighted by Crippen LogP contribution is -2.48. The summed E-state index contributed by atoms with van der Waals surface area (Å²) in [5, 5.41) is 0. The van der Waals surface area contributed by atoms with E-state index in [0.717, 1.165) is 64.6 Å². The summed E-state index contributed by atoms with van der Waals surface area (Å²) >= 11 is 0. The second-order valence-electron chi connectivity index (χ2n) is 7.43. The summed E-state index contributed by atoms with van der Waals surface area (Å²) in [6.07, 6.45) is 3.84. The van der Waals surface area contributed by atoms with Crippen LogP contribution in [-0.4, -0.2) is 79.6 Å². The molecule has 0 saturated carbocycles. The van der Waals surface area contributed by atoms with E-state index in [-0.39, 0.29) is 5.91 Å². The molecule has 1 aromatic carbocycles. The minimum atomic E-state index is 0.177. The third kappa shape index (κ3) is 5.53. The molecule has 144 valence electrons. The van der Waals surface area contributed by atoms with Gasteiger partial charge < -0.3 is 9.64 Å². The number of hydrogen-bond acceptors (Lipinski definition) is 4. The van der Waals surface area contributed by atoms with Gasteiger partial charge in [0.1, 0.15) is 0 Å². The van der Waals surface area contributed by atoms with E-state index in [4.69, 9.17) is 4.74 Å². The number of rotatable bonds is 7. The maximum atomic E-state index is 12.7. The second kappa shape index (κ2) is 10.0. The molecular weight excluding hydrogens is 326 g/mol. The Morgan fingerprint density at radius 1 is 0.923 bits per heavy atom. The first-order chi connectivity index (χ1) is 12.8. The fourth-order valence-corrected chi connectivity index (χ4v) is 3.71. The normalized spacial score (nSPS) is 19.7. The van der Waals surface area contributed by atoms with Crippen LogP contribution in [0.2, 0.25) is 0 Å². The largest absolute Gasteiger partial charge is 0.379 e. The van der Waals surface area contributed by atoms with Crippen molar-refractivity contribution in [3.63, 3.8) is 0 Å². The summed E-state index contributed by atoms with van der Waals surface area (Å²) in [4.78, 5) is 19.6. The molecule has 3 rings (SSSR count). The van der Waals surface area contributed by atoms with Gasteiger partial charge in [0, 0.05) is 51.4 Å². The van der Waals surface area contributed by atoms with E-state index in [1.165, 1.54) is 31.4 Å². The fraction of sp³-hybridized carbons (Fsp3) is 0.667. The zero-order valence-electron chi connectivity index (χ0n) is 16.2. The second-order valence-corrected chi connectivity index (χ2v) is 7.43. The van der Waals surface area contributed by atoms with Crippen LogP contribution in [0.4, 0.5) is 0 Å². The van der Waals surface area contributed by atoms with Crippen molar-refractivity contribution in [2.75, 3.05) is 59.0 Å². The van der Waals surface area contributed by atoms with Crippen molar-refractivity contribution in [1.82, 2.24) is 14.7 Å². The fourth-order valence-electron chi connectivity index (χ4n) is 3.71. The topological polar surface area (TPSA) is 36.0 Å². The van der Waals surface area contributed by atoms with Gasteiger partial charge in [0.15, 0.2) is 0 Å². The van der Waals surface area contributed by atoms with Crippen LogP contribution in [0, 0.1) is 0 Å². The first-order valence-electron chi connectivity index (χ1n) is 10.2. The standard InChI is InChI=1S/C21H33N3O2/c1-2-3-4-9-22-10-12-24(13-11-22)21(25)20-7-5-19(6-8-20)18-23-14-16-26-17-15-23/h5-8H,2-4,9-18H2,1H3. The average molecular weight is 360 g/mol. The molecule has 5 heteroatoms. The van der Waals surface area contributed by atoms with Crippen molar-refractivity contribution in [3.05, 3.63) is 35.4 Å². The highest BCUT2D eigenvalue weighted by atomic mass is 16.5. The van der Waals surface area contributed by atoms with Gasteiger partial charge in [-0.25, -0.2) is 0 Å². The Labute approximate surface area is 157 Å². The van der Waals surface area contributed by atoms with Crippen molar-refractivity contribution >= 4 is 5.91 Å². The molecule has 2 aliphatic rings. The summed E-state index contributed by atoms with van der Waals surface area (Å²) in [5.74, 6) is 0.177. The summed E-state index contributed by atoms with van der Waals surface area (Å²) < 4.78 is 5.39. The Morgan fingerprint density at radius 2 is 1.62 bits per heavy atom. The number of piperazine rings is 1. The van der Waals surface area contributed by atoms with Gasteiger partial charge in [-0.2, -0.15) is 0 Å². The Bertz CT molecular complexity index is 547. The molecule has 1 amide bonds. The number of benzene rings is 1. The number of unbranched alkanes of at least 4 members (excludes halogenated alkanes) is 2. The summed E-state index contributed by atoms with van der Waals surface area (Å²) in [7, 11) is 0. The molecular formula is C21H33N3O2. The first kappa shape index (κ1) is 19.3. The van der Waals surface area contributed by atoms with Crippen LogP contribution in [0.15, 0.2) is 24.3 Å². The molecule has 0 spiro atoms. The van der Waals surface area contributed by atoms with Crippen molar-refractivity contribution in [1.29, 1.82) is 0 Å². The van der Waals surface area contributed by atoms with Gasteiger partial charge in [0.2, 0.25) is 0 Å². The lowest BCUT2D eigenvalue weighted by atomic mass is 10.1. The number of ether oxygens (including phenoxy) is 1. The highest BCUT2D eigenvalue weighted by Gasteiger charge is 2.21. The highest BCUT2D eigenvalue weighted by molar-refractivity contribution is 5.94. The summed E-state index contributed by atoms with van der Waals surface area (Å²) in [5.41, 5.74) is 2.08. The molecule has 0 N–H and O–H groups in total. The Morgan fingerprint density at radius 3 is 2.27 bits per heavy atom. The van der Waals surface area contributed by atoms with E-state index in [1.54, 1.807) is 0 Å². The maximum absolute atomic E-state index is 12.7. The summed E-state index contributed by atoms with van der Waals surface area (Å²) in [6.45, 7) is 11.7. The van der Waals surface area contributed by atoms with E-state index < -0.39 is 0 Å². The molecule has 2 aliphatic heterocycles. The van der Waals surface area contributed by atoms with Crippen LogP contribution in [0.3, 0.4) is 0 Å². The molecule has 0 atom stereocenters. The molecule has 0 bridgehead atoms.